The summed E-state index contributed by atoms with van der Waals surface area (Å²) in [6.07, 6.45) is 4.01. The second kappa shape index (κ2) is 9.80. The van der Waals surface area contributed by atoms with Crippen molar-refractivity contribution < 1.29 is 28.5 Å². The predicted molar refractivity (Wildman–Crippen MR) is 127 cm³/mol. The molecule has 7 nitrogen and oxygen atoms in total. The minimum Gasteiger partial charge on any atom is -0.493 e. The van der Waals surface area contributed by atoms with Gasteiger partial charge in [-0.15, -0.1) is 6.58 Å². The van der Waals surface area contributed by atoms with E-state index in [2.05, 4.69) is 6.58 Å². The molecule has 2 aliphatic heterocycles. The zero-order chi connectivity index (χ0) is 23.5. The molecule has 2 heterocycles. The van der Waals surface area contributed by atoms with Crippen LogP contribution in [0.25, 0.3) is 6.08 Å². The van der Waals surface area contributed by atoms with Crippen LogP contribution < -0.4 is 18.9 Å². The lowest BCUT2D eigenvalue weighted by atomic mass is 10.0. The Morgan fingerprint density at radius 1 is 1.18 bits per heavy atom. The average molecular weight is 488 g/mol. The summed E-state index contributed by atoms with van der Waals surface area (Å²) in [5.74, 6) is 1.88. The summed E-state index contributed by atoms with van der Waals surface area (Å²) in [4.78, 5) is 27.2. The van der Waals surface area contributed by atoms with Crippen LogP contribution in [0.2, 0.25) is 5.02 Å². The predicted octanol–water partition coefficient (Wildman–Crippen LogP) is 5.44. The molecule has 0 aliphatic carbocycles. The SMILES string of the molecule is C=CCc1cc(/C=C2/SC(=O)N(Cc3cc4c(cc3Cl)OCO4)C2=O)cc(OCC)c1OC. The van der Waals surface area contributed by atoms with Gasteiger partial charge in [0.15, 0.2) is 23.0 Å². The van der Waals surface area contributed by atoms with Gasteiger partial charge < -0.3 is 18.9 Å². The molecule has 2 aromatic rings. The number of carbonyl (C=O) groups excluding carboxylic acids is 2. The average Bonchev–Trinajstić information content (AvgIpc) is 3.33. The van der Waals surface area contributed by atoms with Crippen molar-refractivity contribution >= 4 is 40.6 Å². The highest BCUT2D eigenvalue weighted by molar-refractivity contribution is 8.18. The maximum Gasteiger partial charge on any atom is 0.293 e. The Balaban J connectivity index is 1.62. The van der Waals surface area contributed by atoms with E-state index in [-0.39, 0.29) is 18.6 Å². The van der Waals surface area contributed by atoms with Gasteiger partial charge in [-0.2, -0.15) is 0 Å². The lowest BCUT2D eigenvalue weighted by Crippen LogP contribution is -2.27. The highest BCUT2D eigenvalue weighted by Gasteiger charge is 2.36. The van der Waals surface area contributed by atoms with Crippen molar-refractivity contribution in [3.63, 3.8) is 0 Å². The van der Waals surface area contributed by atoms with E-state index in [1.54, 1.807) is 37.5 Å². The van der Waals surface area contributed by atoms with Gasteiger partial charge in [0.25, 0.3) is 11.1 Å². The van der Waals surface area contributed by atoms with Crippen molar-refractivity contribution in [1.82, 2.24) is 4.90 Å². The van der Waals surface area contributed by atoms with Crippen molar-refractivity contribution in [3.05, 3.63) is 63.5 Å². The van der Waals surface area contributed by atoms with Crippen molar-refractivity contribution in [2.24, 2.45) is 0 Å². The van der Waals surface area contributed by atoms with E-state index in [0.717, 1.165) is 27.8 Å². The number of benzene rings is 2. The molecule has 2 aromatic carbocycles. The highest BCUT2D eigenvalue weighted by Crippen LogP contribution is 2.40. The van der Waals surface area contributed by atoms with Crippen LogP contribution in [-0.4, -0.2) is 36.6 Å². The molecule has 0 unspecified atom stereocenters. The Kier molecular flexibility index (Phi) is 6.85. The Bertz CT molecular complexity index is 1160. The second-order valence-electron chi connectivity index (χ2n) is 7.20. The molecule has 33 heavy (non-hydrogen) atoms. The molecule has 0 atom stereocenters. The molecule has 2 amide bonds. The molecule has 1 fully saturated rings. The van der Waals surface area contributed by atoms with Crippen molar-refractivity contribution in [2.75, 3.05) is 20.5 Å². The Labute approximate surface area is 200 Å². The zero-order valence-corrected chi connectivity index (χ0v) is 19.8. The van der Waals surface area contributed by atoms with Crippen LogP contribution in [0.1, 0.15) is 23.6 Å². The van der Waals surface area contributed by atoms with Gasteiger partial charge in [-0.1, -0.05) is 17.7 Å². The second-order valence-corrected chi connectivity index (χ2v) is 8.60. The number of imide groups is 1. The molecule has 9 heteroatoms. The molecular formula is C24H22ClNO6S. The van der Waals surface area contributed by atoms with Gasteiger partial charge in [-0.25, -0.2) is 0 Å². The van der Waals surface area contributed by atoms with Crippen molar-refractivity contribution in [2.45, 2.75) is 19.9 Å². The lowest BCUT2D eigenvalue weighted by molar-refractivity contribution is -0.123. The highest BCUT2D eigenvalue weighted by atomic mass is 35.5. The number of nitrogens with zero attached hydrogens (tertiary/aromatic N) is 1. The van der Waals surface area contributed by atoms with E-state index in [1.165, 1.54) is 0 Å². The van der Waals surface area contributed by atoms with Gasteiger partial charge >= 0.3 is 0 Å². The third-order valence-corrected chi connectivity index (χ3v) is 6.32. The Morgan fingerprint density at radius 2 is 1.94 bits per heavy atom. The maximum atomic E-state index is 13.1. The van der Waals surface area contributed by atoms with Gasteiger partial charge in [0.1, 0.15) is 0 Å². The van der Waals surface area contributed by atoms with Crippen LogP contribution in [-0.2, 0) is 17.8 Å². The number of hydrogen-bond donors (Lipinski definition) is 0. The quantitative estimate of drug-likeness (QED) is 0.362. The smallest absolute Gasteiger partial charge is 0.293 e. The first-order chi connectivity index (χ1) is 15.9. The van der Waals surface area contributed by atoms with Crippen molar-refractivity contribution in [3.8, 4) is 23.0 Å². The maximum absolute atomic E-state index is 13.1. The number of methoxy groups -OCH3 is 1. The summed E-state index contributed by atoms with van der Waals surface area (Å²) in [6, 6.07) is 7.00. The normalized spacial score (nSPS) is 16.0. The summed E-state index contributed by atoms with van der Waals surface area (Å²) in [6.45, 7) is 6.27. The summed E-state index contributed by atoms with van der Waals surface area (Å²) < 4.78 is 21.9. The number of carbonyl (C=O) groups is 2. The van der Waals surface area contributed by atoms with E-state index in [0.29, 0.717) is 51.5 Å². The summed E-state index contributed by atoms with van der Waals surface area (Å²) in [5, 5.41) is 0.0256. The fraction of sp³-hybridized carbons (Fsp3) is 0.250. The van der Waals surface area contributed by atoms with E-state index in [4.69, 9.17) is 30.5 Å². The number of halogens is 1. The monoisotopic (exact) mass is 487 g/mol. The first-order valence-corrected chi connectivity index (χ1v) is 11.4. The van der Waals surface area contributed by atoms with E-state index in [9.17, 15) is 9.59 Å². The van der Waals surface area contributed by atoms with Gasteiger partial charge in [0, 0.05) is 16.7 Å². The molecule has 0 bridgehead atoms. The summed E-state index contributed by atoms with van der Waals surface area (Å²) in [5.41, 5.74) is 2.19. The molecule has 0 aromatic heterocycles. The minimum absolute atomic E-state index is 0.0337. The zero-order valence-electron chi connectivity index (χ0n) is 18.2. The Hall–Kier alpha value is -3.10. The number of fused-ring (bicyclic) bond motifs is 1. The van der Waals surface area contributed by atoms with Crippen LogP contribution in [0.4, 0.5) is 4.79 Å². The van der Waals surface area contributed by atoms with Gasteiger partial charge in [-0.3, -0.25) is 14.5 Å². The van der Waals surface area contributed by atoms with Crippen LogP contribution in [0.15, 0.2) is 41.8 Å². The molecule has 0 N–H and O–H groups in total. The van der Waals surface area contributed by atoms with Crippen LogP contribution in [0, 0.1) is 0 Å². The van der Waals surface area contributed by atoms with Gasteiger partial charge in [0.05, 0.1) is 25.2 Å². The van der Waals surface area contributed by atoms with E-state index < -0.39 is 5.91 Å². The van der Waals surface area contributed by atoms with Crippen LogP contribution >= 0.6 is 23.4 Å². The number of thioether (sulfide) groups is 1. The first-order valence-electron chi connectivity index (χ1n) is 10.2. The third-order valence-electron chi connectivity index (χ3n) is 5.06. The summed E-state index contributed by atoms with van der Waals surface area (Å²) >= 11 is 7.21. The standard InChI is InChI=1S/C24H22ClNO6S/c1-4-6-15-7-14(8-20(30-5-2)22(15)29-3)9-21-23(27)26(24(28)33-21)12-16-10-18-19(11-17(16)25)32-13-31-18/h4,7-11H,1,5-6,12-13H2,2-3H3/b21-9+. The van der Waals surface area contributed by atoms with E-state index >= 15 is 0 Å². The topological polar surface area (TPSA) is 74.3 Å². The number of ether oxygens (including phenoxy) is 4. The fourth-order valence-electron chi connectivity index (χ4n) is 3.61. The number of amides is 2. The number of allylic oxidation sites excluding steroid dienone is 1. The largest absolute Gasteiger partial charge is 0.493 e. The molecule has 172 valence electrons. The van der Waals surface area contributed by atoms with Gasteiger partial charge in [-0.05, 0) is 60.5 Å². The third kappa shape index (κ3) is 4.67. The van der Waals surface area contributed by atoms with E-state index in [1.807, 2.05) is 13.0 Å². The minimum atomic E-state index is -0.391. The van der Waals surface area contributed by atoms with Gasteiger partial charge in [0.2, 0.25) is 6.79 Å². The molecular weight excluding hydrogens is 466 g/mol. The molecule has 0 spiro atoms. The molecule has 0 saturated carbocycles. The number of rotatable bonds is 8. The van der Waals surface area contributed by atoms with Crippen molar-refractivity contribution in [1.29, 1.82) is 0 Å². The molecule has 4 rings (SSSR count). The van der Waals surface area contributed by atoms with Crippen LogP contribution in [0.3, 0.4) is 0 Å². The Morgan fingerprint density at radius 3 is 2.64 bits per heavy atom. The first kappa shape index (κ1) is 23.1. The molecule has 0 radical (unpaired) electrons. The number of hydrogen-bond acceptors (Lipinski definition) is 7. The summed E-state index contributed by atoms with van der Waals surface area (Å²) in [7, 11) is 1.58. The van der Waals surface area contributed by atoms with Crippen LogP contribution in [0.5, 0.6) is 23.0 Å². The lowest BCUT2D eigenvalue weighted by Gasteiger charge is -2.15. The molecule has 2 aliphatic rings. The fourth-order valence-corrected chi connectivity index (χ4v) is 4.66. The molecule has 1 saturated heterocycles.